The molecule has 1 N–H and O–H groups in total. The minimum atomic E-state index is -3.75. The minimum Gasteiger partial charge on any atom is -0.379 e. The van der Waals surface area contributed by atoms with Gasteiger partial charge in [-0.05, 0) is 42.5 Å². The Bertz CT molecular complexity index is 1100. The van der Waals surface area contributed by atoms with Gasteiger partial charge in [0.2, 0.25) is 21.8 Å². The van der Waals surface area contributed by atoms with Gasteiger partial charge in [-0.25, -0.2) is 12.8 Å². The lowest BCUT2D eigenvalue weighted by Gasteiger charge is -2.30. The fourth-order valence-electron chi connectivity index (χ4n) is 3.33. The third kappa shape index (κ3) is 4.74. The van der Waals surface area contributed by atoms with Crippen LogP contribution in [-0.4, -0.2) is 63.1 Å². The summed E-state index contributed by atoms with van der Waals surface area (Å²) in [7, 11) is -3.75. The Hall–Kier alpha value is -2.47. The van der Waals surface area contributed by atoms with Crippen LogP contribution in [0.25, 0.3) is 0 Å². The first kappa shape index (κ1) is 21.8. The molecule has 2 aromatic rings. The van der Waals surface area contributed by atoms with Gasteiger partial charge in [0.05, 0.1) is 29.5 Å². The predicted molar refractivity (Wildman–Crippen MR) is 114 cm³/mol. The Labute approximate surface area is 183 Å². The second-order valence-electron chi connectivity index (χ2n) is 6.97. The molecule has 31 heavy (non-hydrogen) atoms. The van der Waals surface area contributed by atoms with Crippen molar-refractivity contribution < 1.29 is 27.1 Å². The van der Waals surface area contributed by atoms with Crippen LogP contribution in [0.15, 0.2) is 52.3 Å². The number of amides is 2. The highest BCUT2D eigenvalue weighted by Gasteiger charge is 2.31. The first-order valence-corrected chi connectivity index (χ1v) is 12.0. The first-order chi connectivity index (χ1) is 14.8. The van der Waals surface area contributed by atoms with Crippen LogP contribution in [0.2, 0.25) is 0 Å². The number of halogens is 1. The molecule has 8 nitrogen and oxygen atoms in total. The number of sulfonamides is 1. The summed E-state index contributed by atoms with van der Waals surface area (Å²) in [5.74, 6) is -1.05. The summed E-state index contributed by atoms with van der Waals surface area (Å²) < 4.78 is 45.6. The quantitative estimate of drug-likeness (QED) is 0.725. The third-order valence-corrected chi connectivity index (χ3v) is 7.85. The molecule has 2 amide bonds. The van der Waals surface area contributed by atoms with E-state index < -0.39 is 21.7 Å². The number of rotatable bonds is 5. The summed E-state index contributed by atoms with van der Waals surface area (Å²) in [6, 6.07) is 9.89. The van der Waals surface area contributed by atoms with Gasteiger partial charge in [0.1, 0.15) is 12.4 Å². The van der Waals surface area contributed by atoms with E-state index in [1.54, 1.807) is 6.07 Å². The highest BCUT2D eigenvalue weighted by Crippen LogP contribution is 2.37. The van der Waals surface area contributed by atoms with E-state index in [1.165, 1.54) is 57.4 Å². The van der Waals surface area contributed by atoms with Crippen LogP contribution in [0.5, 0.6) is 0 Å². The lowest BCUT2D eigenvalue weighted by Crippen LogP contribution is -2.42. The molecule has 11 heteroatoms. The largest absolute Gasteiger partial charge is 0.379 e. The van der Waals surface area contributed by atoms with E-state index in [2.05, 4.69) is 5.32 Å². The van der Waals surface area contributed by atoms with Crippen molar-refractivity contribution in [3.8, 4) is 0 Å². The molecule has 1 fully saturated rings. The normalized spacial score (nSPS) is 17.3. The van der Waals surface area contributed by atoms with E-state index in [0.29, 0.717) is 24.6 Å². The minimum absolute atomic E-state index is 0.0624. The fourth-order valence-corrected chi connectivity index (χ4v) is 5.67. The van der Waals surface area contributed by atoms with Gasteiger partial charge in [0.25, 0.3) is 0 Å². The Kier molecular flexibility index (Phi) is 6.28. The van der Waals surface area contributed by atoms with Crippen LogP contribution >= 0.6 is 11.8 Å². The number of benzene rings is 2. The molecule has 0 bridgehead atoms. The van der Waals surface area contributed by atoms with Crippen LogP contribution in [-0.2, 0) is 24.3 Å². The van der Waals surface area contributed by atoms with Crippen LogP contribution in [0.3, 0.4) is 0 Å². The van der Waals surface area contributed by atoms with Crippen LogP contribution in [0, 0.1) is 5.82 Å². The third-order valence-electron chi connectivity index (χ3n) is 4.91. The molecule has 1 saturated heterocycles. The zero-order valence-corrected chi connectivity index (χ0v) is 18.0. The SMILES string of the molecule is O=C(CN1C(=O)CSc2ccc(S(=O)(=O)N3CCOCC3)cc21)Nc1ccc(F)cc1. The maximum Gasteiger partial charge on any atom is 0.244 e. The van der Waals surface area contributed by atoms with E-state index in [-0.39, 0.29) is 36.2 Å². The van der Waals surface area contributed by atoms with Gasteiger partial charge in [0, 0.05) is 23.7 Å². The molecule has 2 aliphatic heterocycles. The summed E-state index contributed by atoms with van der Waals surface area (Å²) >= 11 is 1.30. The summed E-state index contributed by atoms with van der Waals surface area (Å²) in [6.45, 7) is 0.890. The topological polar surface area (TPSA) is 96.0 Å². The van der Waals surface area contributed by atoms with Crippen LogP contribution in [0.1, 0.15) is 0 Å². The molecule has 2 aromatic carbocycles. The highest BCUT2D eigenvalue weighted by atomic mass is 32.2. The summed E-state index contributed by atoms with van der Waals surface area (Å²) in [5, 5.41) is 2.62. The van der Waals surface area contributed by atoms with Crippen molar-refractivity contribution in [3.05, 3.63) is 48.3 Å². The standard InChI is InChI=1S/C20H20FN3O5S2/c21-14-1-3-15(4-2-14)22-19(25)12-24-17-11-16(5-6-18(17)30-13-20(24)26)31(27,28)23-7-9-29-10-8-23/h1-6,11H,7-10,12-13H2,(H,22,25). The maximum absolute atomic E-state index is 13.1. The van der Waals surface area contributed by atoms with Crippen molar-refractivity contribution >= 4 is 45.0 Å². The highest BCUT2D eigenvalue weighted by molar-refractivity contribution is 8.00. The number of carbonyl (C=O) groups excluding carboxylic acids is 2. The fraction of sp³-hybridized carbons (Fsp3) is 0.300. The second-order valence-corrected chi connectivity index (χ2v) is 9.92. The number of carbonyl (C=O) groups is 2. The van der Waals surface area contributed by atoms with Gasteiger partial charge in [-0.3, -0.25) is 9.59 Å². The second kappa shape index (κ2) is 8.95. The number of nitrogens with zero attached hydrogens (tertiary/aromatic N) is 2. The van der Waals surface area contributed by atoms with Crippen molar-refractivity contribution in [2.45, 2.75) is 9.79 Å². The Balaban J connectivity index is 1.58. The molecule has 0 atom stereocenters. The number of anilines is 2. The molecule has 2 aliphatic rings. The van der Waals surface area contributed by atoms with E-state index >= 15 is 0 Å². The van der Waals surface area contributed by atoms with Crippen LogP contribution in [0.4, 0.5) is 15.8 Å². The number of hydrogen-bond acceptors (Lipinski definition) is 6. The van der Waals surface area contributed by atoms with Crippen molar-refractivity contribution in [1.82, 2.24) is 4.31 Å². The number of ether oxygens (including phenoxy) is 1. The Morgan fingerprint density at radius 3 is 2.55 bits per heavy atom. The average Bonchev–Trinajstić information content (AvgIpc) is 2.77. The number of morpholine rings is 1. The van der Waals surface area contributed by atoms with Gasteiger partial charge in [-0.1, -0.05) is 0 Å². The van der Waals surface area contributed by atoms with E-state index in [1.807, 2.05) is 0 Å². The first-order valence-electron chi connectivity index (χ1n) is 9.55. The lowest BCUT2D eigenvalue weighted by atomic mass is 10.2. The number of thioether (sulfide) groups is 1. The molecule has 0 saturated carbocycles. The molecule has 0 aromatic heterocycles. The van der Waals surface area contributed by atoms with E-state index in [0.717, 1.165) is 4.90 Å². The van der Waals surface area contributed by atoms with E-state index in [4.69, 9.17) is 4.74 Å². The average molecular weight is 466 g/mol. The Morgan fingerprint density at radius 2 is 1.84 bits per heavy atom. The Morgan fingerprint density at radius 1 is 1.13 bits per heavy atom. The number of hydrogen-bond donors (Lipinski definition) is 1. The summed E-state index contributed by atoms with van der Waals surface area (Å²) in [6.07, 6.45) is 0. The maximum atomic E-state index is 13.1. The number of fused-ring (bicyclic) bond motifs is 1. The molecule has 4 rings (SSSR count). The van der Waals surface area contributed by atoms with Gasteiger partial charge in [0.15, 0.2) is 0 Å². The van der Waals surface area contributed by atoms with Gasteiger partial charge in [-0.15, -0.1) is 11.8 Å². The van der Waals surface area contributed by atoms with E-state index in [9.17, 15) is 22.4 Å². The molecule has 164 valence electrons. The molecular formula is C20H20FN3O5S2. The van der Waals surface area contributed by atoms with Crippen molar-refractivity contribution in [2.75, 3.05) is 48.8 Å². The molecule has 2 heterocycles. The van der Waals surface area contributed by atoms with Crippen molar-refractivity contribution in [2.24, 2.45) is 0 Å². The molecular weight excluding hydrogens is 445 g/mol. The van der Waals surface area contributed by atoms with Crippen LogP contribution < -0.4 is 10.2 Å². The lowest BCUT2D eigenvalue weighted by molar-refractivity contribution is -0.120. The zero-order chi connectivity index (χ0) is 22.0. The van der Waals surface area contributed by atoms with Gasteiger partial charge in [-0.2, -0.15) is 4.31 Å². The molecule has 0 unspecified atom stereocenters. The smallest absolute Gasteiger partial charge is 0.244 e. The summed E-state index contributed by atoms with van der Waals surface area (Å²) in [4.78, 5) is 27.1. The molecule has 0 aliphatic carbocycles. The van der Waals surface area contributed by atoms with Crippen molar-refractivity contribution in [1.29, 1.82) is 0 Å². The zero-order valence-electron chi connectivity index (χ0n) is 16.4. The van der Waals surface area contributed by atoms with Crippen molar-refractivity contribution in [3.63, 3.8) is 0 Å². The predicted octanol–water partition coefficient (Wildman–Crippen LogP) is 1.92. The van der Waals surface area contributed by atoms with Gasteiger partial charge >= 0.3 is 0 Å². The molecule has 0 radical (unpaired) electrons. The monoisotopic (exact) mass is 465 g/mol. The number of nitrogens with one attached hydrogen (secondary N) is 1. The van der Waals surface area contributed by atoms with Gasteiger partial charge < -0.3 is 15.0 Å². The summed E-state index contributed by atoms with van der Waals surface area (Å²) in [5.41, 5.74) is 0.777. The molecule has 0 spiro atoms.